The lowest BCUT2D eigenvalue weighted by Gasteiger charge is -2.30. The summed E-state index contributed by atoms with van der Waals surface area (Å²) in [5, 5.41) is 11.4. The predicted octanol–water partition coefficient (Wildman–Crippen LogP) is 5.41. The first-order chi connectivity index (χ1) is 14.3. The summed E-state index contributed by atoms with van der Waals surface area (Å²) in [7, 11) is 0. The molecule has 3 aromatic rings. The Hall–Kier alpha value is -3.13. The number of hydrogen-bond acceptors (Lipinski definition) is 3. The van der Waals surface area contributed by atoms with Crippen molar-refractivity contribution in [2.24, 2.45) is 0 Å². The molecule has 1 aromatic heterocycles. The van der Waals surface area contributed by atoms with Gasteiger partial charge in [0, 0.05) is 43.2 Å². The minimum atomic E-state index is -4.40. The van der Waals surface area contributed by atoms with E-state index < -0.39 is 16.7 Å². The fourth-order valence-corrected chi connectivity index (χ4v) is 4.09. The molecule has 0 bridgehead atoms. The van der Waals surface area contributed by atoms with Crippen molar-refractivity contribution in [1.29, 1.82) is 0 Å². The smallest absolute Gasteiger partial charge is 0.350 e. The molecule has 0 aliphatic carbocycles. The highest BCUT2D eigenvalue weighted by Gasteiger charge is 2.32. The number of alkyl halides is 3. The zero-order chi connectivity index (χ0) is 21.3. The van der Waals surface area contributed by atoms with E-state index in [2.05, 4.69) is 9.47 Å². The van der Waals surface area contributed by atoms with E-state index in [4.69, 9.17) is 0 Å². The highest BCUT2D eigenvalue weighted by Crippen LogP contribution is 2.36. The number of nitrogens with zero attached hydrogens (tertiary/aromatic N) is 3. The Morgan fingerprint density at radius 3 is 2.43 bits per heavy atom. The second-order valence-corrected chi connectivity index (χ2v) is 7.36. The largest absolute Gasteiger partial charge is 0.416 e. The van der Waals surface area contributed by atoms with Crippen molar-refractivity contribution in [2.75, 3.05) is 6.54 Å². The molecule has 0 saturated heterocycles. The van der Waals surface area contributed by atoms with Gasteiger partial charge in [0.15, 0.2) is 0 Å². The molecule has 1 unspecified atom stereocenters. The lowest BCUT2D eigenvalue weighted by molar-refractivity contribution is -0.385. The van der Waals surface area contributed by atoms with Crippen molar-refractivity contribution in [1.82, 2.24) is 9.47 Å². The van der Waals surface area contributed by atoms with Gasteiger partial charge in [-0.05, 0) is 36.2 Å². The summed E-state index contributed by atoms with van der Waals surface area (Å²) in [5.74, 6) is 0. The molecule has 1 atom stereocenters. The molecular formula is C22H20F3N3O2. The first-order valence-electron chi connectivity index (χ1n) is 9.63. The molecule has 2 heterocycles. The molecule has 0 amide bonds. The standard InChI is InChI=1S/C22H20F3N3O2/c23-22(24,25)18-10-8-16(9-11-18)21-20-7-3-12-26(20)13-4-14-27(21)15-17-5-1-2-6-19(17)28(29)30/h1-3,5-12,21H,4,13-15H2. The number of halogens is 3. The van der Waals surface area contributed by atoms with Crippen LogP contribution in [0.15, 0.2) is 66.9 Å². The molecule has 0 N–H and O–H groups in total. The van der Waals surface area contributed by atoms with Gasteiger partial charge in [-0.25, -0.2) is 0 Å². The van der Waals surface area contributed by atoms with Gasteiger partial charge < -0.3 is 4.57 Å². The quantitative estimate of drug-likeness (QED) is 0.423. The van der Waals surface area contributed by atoms with E-state index in [0.717, 1.165) is 36.4 Å². The molecule has 1 aliphatic rings. The third-order valence-corrected chi connectivity index (χ3v) is 5.47. The third-order valence-electron chi connectivity index (χ3n) is 5.47. The van der Waals surface area contributed by atoms with Gasteiger partial charge in [0.25, 0.3) is 5.69 Å². The minimum Gasteiger partial charge on any atom is -0.350 e. The van der Waals surface area contributed by atoms with Crippen molar-refractivity contribution >= 4 is 5.69 Å². The van der Waals surface area contributed by atoms with Gasteiger partial charge in [0.05, 0.1) is 16.5 Å². The normalized spacial score (nSPS) is 17.4. The monoisotopic (exact) mass is 415 g/mol. The van der Waals surface area contributed by atoms with Gasteiger partial charge in [-0.15, -0.1) is 0 Å². The summed E-state index contributed by atoms with van der Waals surface area (Å²) < 4.78 is 41.2. The number of para-hydroxylation sites is 1. The zero-order valence-electron chi connectivity index (χ0n) is 16.0. The molecule has 0 spiro atoms. The second-order valence-electron chi connectivity index (χ2n) is 7.36. The number of nitro benzene ring substituents is 1. The lowest BCUT2D eigenvalue weighted by atomic mass is 9.99. The summed E-state index contributed by atoms with van der Waals surface area (Å²) in [6, 6.07) is 15.4. The molecule has 30 heavy (non-hydrogen) atoms. The number of rotatable bonds is 4. The van der Waals surface area contributed by atoms with Crippen molar-refractivity contribution in [3.05, 3.63) is 99.4 Å². The van der Waals surface area contributed by atoms with Crippen molar-refractivity contribution in [3.8, 4) is 0 Å². The molecular weight excluding hydrogens is 395 g/mol. The van der Waals surface area contributed by atoms with Crippen LogP contribution in [-0.4, -0.2) is 20.9 Å². The molecule has 0 fully saturated rings. The van der Waals surface area contributed by atoms with E-state index in [-0.39, 0.29) is 11.7 Å². The van der Waals surface area contributed by atoms with Crippen molar-refractivity contribution < 1.29 is 18.1 Å². The fraction of sp³-hybridized carbons (Fsp3) is 0.273. The first-order valence-corrected chi connectivity index (χ1v) is 9.63. The minimum absolute atomic E-state index is 0.0447. The molecule has 2 aromatic carbocycles. The van der Waals surface area contributed by atoms with E-state index in [1.807, 2.05) is 18.3 Å². The molecule has 0 saturated carbocycles. The van der Waals surface area contributed by atoms with Crippen LogP contribution >= 0.6 is 0 Å². The van der Waals surface area contributed by atoms with Crippen LogP contribution in [0.2, 0.25) is 0 Å². The Bertz CT molecular complexity index is 1040. The average Bonchev–Trinajstić information content (AvgIpc) is 3.09. The van der Waals surface area contributed by atoms with E-state index in [1.54, 1.807) is 18.2 Å². The zero-order valence-corrected chi connectivity index (χ0v) is 16.0. The summed E-state index contributed by atoms with van der Waals surface area (Å²) >= 11 is 0. The van der Waals surface area contributed by atoms with Gasteiger partial charge >= 0.3 is 6.18 Å². The molecule has 156 valence electrons. The fourth-order valence-electron chi connectivity index (χ4n) is 4.09. The Balaban J connectivity index is 1.75. The third kappa shape index (κ3) is 3.95. The number of aromatic nitrogens is 1. The van der Waals surface area contributed by atoms with Crippen LogP contribution in [0.4, 0.5) is 18.9 Å². The highest BCUT2D eigenvalue weighted by molar-refractivity contribution is 5.40. The van der Waals surface area contributed by atoms with Crippen LogP contribution in [0, 0.1) is 10.1 Å². The maximum atomic E-state index is 13.0. The van der Waals surface area contributed by atoms with E-state index in [1.165, 1.54) is 18.2 Å². The second kappa shape index (κ2) is 7.95. The van der Waals surface area contributed by atoms with Gasteiger partial charge in [-0.2, -0.15) is 13.2 Å². The van der Waals surface area contributed by atoms with Crippen LogP contribution in [0.5, 0.6) is 0 Å². The summed E-state index contributed by atoms with van der Waals surface area (Å²) in [6.07, 6.45) is -1.60. The van der Waals surface area contributed by atoms with Crippen LogP contribution in [0.1, 0.15) is 34.8 Å². The Morgan fingerprint density at radius 2 is 1.73 bits per heavy atom. The molecule has 8 heteroatoms. The Kier molecular flexibility index (Phi) is 5.34. The van der Waals surface area contributed by atoms with Gasteiger partial charge in [-0.3, -0.25) is 15.0 Å². The van der Waals surface area contributed by atoms with Crippen LogP contribution in [-0.2, 0) is 19.3 Å². The van der Waals surface area contributed by atoms with Gasteiger partial charge in [0.2, 0.25) is 0 Å². The maximum absolute atomic E-state index is 13.0. The van der Waals surface area contributed by atoms with Crippen LogP contribution in [0.3, 0.4) is 0 Å². The van der Waals surface area contributed by atoms with Gasteiger partial charge in [0.1, 0.15) is 0 Å². The molecule has 4 rings (SSSR count). The number of aryl methyl sites for hydroxylation is 1. The van der Waals surface area contributed by atoms with Crippen molar-refractivity contribution in [3.63, 3.8) is 0 Å². The Labute approximate surface area is 171 Å². The Morgan fingerprint density at radius 1 is 1.00 bits per heavy atom. The molecule has 1 aliphatic heterocycles. The lowest BCUT2D eigenvalue weighted by Crippen LogP contribution is -2.29. The number of nitro groups is 1. The van der Waals surface area contributed by atoms with E-state index in [0.29, 0.717) is 18.7 Å². The average molecular weight is 415 g/mol. The topological polar surface area (TPSA) is 51.3 Å². The van der Waals surface area contributed by atoms with Crippen LogP contribution < -0.4 is 0 Å². The van der Waals surface area contributed by atoms with Crippen molar-refractivity contribution in [2.45, 2.75) is 31.7 Å². The summed E-state index contributed by atoms with van der Waals surface area (Å²) in [6.45, 7) is 1.78. The first kappa shape index (κ1) is 20.2. The molecule has 5 nitrogen and oxygen atoms in total. The highest BCUT2D eigenvalue weighted by atomic mass is 19.4. The maximum Gasteiger partial charge on any atom is 0.416 e. The summed E-state index contributed by atoms with van der Waals surface area (Å²) in [4.78, 5) is 13.1. The van der Waals surface area contributed by atoms with Gasteiger partial charge in [-0.1, -0.05) is 30.3 Å². The SMILES string of the molecule is O=[N+]([O-])c1ccccc1CN1CCCn2cccc2C1c1ccc(C(F)(F)F)cc1. The molecule has 0 radical (unpaired) electrons. The van der Waals surface area contributed by atoms with Crippen LogP contribution in [0.25, 0.3) is 0 Å². The predicted molar refractivity (Wildman–Crippen MR) is 106 cm³/mol. The number of benzene rings is 2. The van der Waals surface area contributed by atoms with E-state index >= 15 is 0 Å². The number of fused-ring (bicyclic) bond motifs is 1. The summed E-state index contributed by atoms with van der Waals surface area (Å²) in [5.41, 5.74) is 1.62. The van der Waals surface area contributed by atoms with E-state index in [9.17, 15) is 23.3 Å². The number of hydrogen-bond donors (Lipinski definition) is 0.